The molecule has 0 unspecified atom stereocenters. The Morgan fingerprint density at radius 2 is 1.81 bits per heavy atom. The second-order valence-electron chi connectivity index (χ2n) is 5.24. The zero-order valence-electron chi connectivity index (χ0n) is 12.0. The molecule has 0 spiro atoms. The molecule has 0 heterocycles. The average Bonchev–Trinajstić information content (AvgIpc) is 2.46. The van der Waals surface area contributed by atoms with E-state index in [9.17, 15) is 12.8 Å². The molecule has 0 N–H and O–H groups in total. The van der Waals surface area contributed by atoms with Gasteiger partial charge in [-0.1, -0.05) is 30.3 Å². The van der Waals surface area contributed by atoms with Crippen molar-refractivity contribution in [2.24, 2.45) is 0 Å². The maximum absolute atomic E-state index is 14.5. The number of sulfonamides is 1. The summed E-state index contributed by atoms with van der Waals surface area (Å²) in [5.41, 5.74) is -1.27. The Hall–Kier alpha value is -1.97. The van der Waals surface area contributed by atoms with Crippen molar-refractivity contribution in [2.45, 2.75) is 24.3 Å². The van der Waals surface area contributed by atoms with E-state index in [4.69, 9.17) is 5.26 Å². The van der Waals surface area contributed by atoms with E-state index in [1.54, 1.807) is 24.3 Å². The zero-order chi connectivity index (χ0) is 15.8. The highest BCUT2D eigenvalue weighted by atomic mass is 32.2. The smallest absolute Gasteiger partial charge is 0.207 e. The molecule has 4 nitrogen and oxygen atoms in total. The number of fused-ring (bicyclic) bond motifs is 1. The molecule has 0 atom stereocenters. The Kier molecular flexibility index (Phi) is 3.74. The quantitative estimate of drug-likeness (QED) is 0.876. The third kappa shape index (κ3) is 2.50. The number of rotatable bonds is 3. The van der Waals surface area contributed by atoms with Gasteiger partial charge in [0.05, 0.1) is 6.07 Å². The van der Waals surface area contributed by atoms with Gasteiger partial charge in [0.1, 0.15) is 10.4 Å². The summed E-state index contributed by atoms with van der Waals surface area (Å²) in [6.07, 6.45) is 0. The normalized spacial score (nSPS) is 12.6. The molecule has 0 bridgehead atoms. The molecular weight excluding hydrogens is 291 g/mol. The Labute approximate surface area is 123 Å². The van der Waals surface area contributed by atoms with Crippen molar-refractivity contribution in [3.63, 3.8) is 0 Å². The number of benzene rings is 2. The monoisotopic (exact) mass is 306 g/mol. The minimum Gasteiger partial charge on any atom is -0.207 e. The minimum atomic E-state index is -4.10. The molecule has 0 radical (unpaired) electrons. The maximum Gasteiger partial charge on any atom is 0.247 e. The summed E-state index contributed by atoms with van der Waals surface area (Å²) in [4.78, 5) is -0.424. The van der Waals surface area contributed by atoms with Gasteiger partial charge in [-0.05, 0) is 25.3 Å². The van der Waals surface area contributed by atoms with Crippen molar-refractivity contribution in [2.75, 3.05) is 7.05 Å². The van der Waals surface area contributed by atoms with Crippen LogP contribution in [0, 0.1) is 17.1 Å². The standard InChI is InChI=1S/C15H15FN2O2S/c1-15(2,10-17)18(3)21(19,20)13-9-8-11-6-4-5-7-12(11)14(13)16/h4-9H,1-3H3. The molecule has 2 rings (SSSR count). The molecule has 6 heteroatoms. The first-order valence-electron chi connectivity index (χ1n) is 6.29. The highest BCUT2D eigenvalue weighted by Gasteiger charge is 2.36. The van der Waals surface area contributed by atoms with E-state index < -0.39 is 26.3 Å². The van der Waals surface area contributed by atoms with Crippen LogP contribution in [0.15, 0.2) is 41.3 Å². The molecule has 0 saturated carbocycles. The van der Waals surface area contributed by atoms with E-state index in [0.717, 1.165) is 4.31 Å². The lowest BCUT2D eigenvalue weighted by molar-refractivity contribution is 0.335. The lowest BCUT2D eigenvalue weighted by atomic mass is 10.1. The molecule has 2 aromatic rings. The molecule has 0 amide bonds. The summed E-state index contributed by atoms with van der Waals surface area (Å²) in [7, 11) is -2.82. The fraction of sp³-hybridized carbons (Fsp3) is 0.267. The first-order valence-corrected chi connectivity index (χ1v) is 7.73. The zero-order valence-corrected chi connectivity index (χ0v) is 12.8. The second-order valence-corrected chi connectivity index (χ2v) is 7.18. The van der Waals surface area contributed by atoms with Gasteiger partial charge in [-0.3, -0.25) is 0 Å². The van der Waals surface area contributed by atoms with Gasteiger partial charge < -0.3 is 0 Å². The van der Waals surface area contributed by atoms with Crippen LogP contribution in [-0.4, -0.2) is 25.3 Å². The molecule has 0 aliphatic carbocycles. The van der Waals surface area contributed by atoms with Crippen LogP contribution in [0.4, 0.5) is 4.39 Å². The summed E-state index contributed by atoms with van der Waals surface area (Å²) in [6.45, 7) is 2.92. The lowest BCUT2D eigenvalue weighted by Gasteiger charge is -2.28. The van der Waals surface area contributed by atoms with E-state index >= 15 is 0 Å². The van der Waals surface area contributed by atoms with Gasteiger partial charge in [0.25, 0.3) is 0 Å². The van der Waals surface area contributed by atoms with Gasteiger partial charge in [0.15, 0.2) is 5.82 Å². The summed E-state index contributed by atoms with van der Waals surface area (Å²) >= 11 is 0. The van der Waals surface area contributed by atoms with Crippen molar-refractivity contribution in [3.8, 4) is 6.07 Å². The first kappa shape index (κ1) is 15.4. The number of nitrogens with zero attached hydrogens (tertiary/aromatic N) is 2. The third-order valence-electron chi connectivity index (χ3n) is 3.53. The average molecular weight is 306 g/mol. The summed E-state index contributed by atoms with van der Waals surface area (Å²) in [6, 6.07) is 11.3. The number of nitriles is 1. The van der Waals surface area contributed by atoms with Crippen LogP contribution in [0.2, 0.25) is 0 Å². The molecule has 0 saturated heterocycles. The van der Waals surface area contributed by atoms with Crippen LogP contribution in [0.5, 0.6) is 0 Å². The van der Waals surface area contributed by atoms with E-state index in [-0.39, 0.29) is 5.39 Å². The predicted octanol–water partition coefficient (Wildman–Crippen LogP) is 2.90. The molecular formula is C15H15FN2O2S. The number of halogens is 1. The SMILES string of the molecule is CN(C(C)(C)C#N)S(=O)(=O)c1ccc2ccccc2c1F. The highest BCUT2D eigenvalue weighted by molar-refractivity contribution is 7.89. The Morgan fingerprint density at radius 3 is 2.43 bits per heavy atom. The topological polar surface area (TPSA) is 61.2 Å². The second kappa shape index (κ2) is 5.10. The number of hydrogen-bond acceptors (Lipinski definition) is 3. The molecule has 21 heavy (non-hydrogen) atoms. The van der Waals surface area contributed by atoms with Gasteiger partial charge in [0.2, 0.25) is 10.0 Å². The van der Waals surface area contributed by atoms with Gasteiger partial charge >= 0.3 is 0 Å². The highest BCUT2D eigenvalue weighted by Crippen LogP contribution is 2.28. The van der Waals surface area contributed by atoms with Gasteiger partial charge in [0, 0.05) is 12.4 Å². The van der Waals surface area contributed by atoms with Gasteiger partial charge in [-0.25, -0.2) is 12.8 Å². The molecule has 110 valence electrons. The summed E-state index contributed by atoms with van der Waals surface area (Å²) in [5.74, 6) is -0.798. The summed E-state index contributed by atoms with van der Waals surface area (Å²) < 4.78 is 40.5. The van der Waals surface area contributed by atoms with E-state index in [1.807, 2.05) is 6.07 Å². The molecule has 2 aromatic carbocycles. The minimum absolute atomic E-state index is 0.238. The Balaban J connectivity index is 2.67. The van der Waals surface area contributed by atoms with E-state index in [2.05, 4.69) is 0 Å². The van der Waals surface area contributed by atoms with Crippen LogP contribution >= 0.6 is 0 Å². The van der Waals surface area contributed by atoms with Crippen LogP contribution in [-0.2, 0) is 10.0 Å². The lowest BCUT2D eigenvalue weighted by Crippen LogP contribution is -2.44. The molecule has 0 aliphatic heterocycles. The van der Waals surface area contributed by atoms with Crippen molar-refractivity contribution in [3.05, 3.63) is 42.2 Å². The Bertz CT molecular complexity index is 838. The van der Waals surface area contributed by atoms with Crippen molar-refractivity contribution < 1.29 is 12.8 Å². The van der Waals surface area contributed by atoms with Crippen LogP contribution in [0.3, 0.4) is 0 Å². The summed E-state index contributed by atoms with van der Waals surface area (Å²) in [5, 5.41) is 9.93. The number of hydrogen-bond donors (Lipinski definition) is 0. The predicted molar refractivity (Wildman–Crippen MR) is 78.5 cm³/mol. The van der Waals surface area contributed by atoms with Crippen LogP contribution in [0.25, 0.3) is 10.8 Å². The maximum atomic E-state index is 14.5. The van der Waals surface area contributed by atoms with Crippen LogP contribution < -0.4 is 0 Å². The molecule has 0 fully saturated rings. The fourth-order valence-corrected chi connectivity index (χ4v) is 3.44. The molecule has 0 aliphatic rings. The van der Waals surface area contributed by atoms with Gasteiger partial charge in [-0.15, -0.1) is 0 Å². The van der Waals surface area contributed by atoms with Crippen molar-refractivity contribution in [1.82, 2.24) is 4.31 Å². The van der Waals surface area contributed by atoms with E-state index in [0.29, 0.717) is 5.39 Å². The Morgan fingerprint density at radius 1 is 1.19 bits per heavy atom. The van der Waals surface area contributed by atoms with Crippen molar-refractivity contribution >= 4 is 20.8 Å². The van der Waals surface area contributed by atoms with E-state index in [1.165, 1.54) is 33.0 Å². The molecule has 0 aromatic heterocycles. The largest absolute Gasteiger partial charge is 0.247 e. The first-order chi connectivity index (χ1) is 9.71. The van der Waals surface area contributed by atoms with Gasteiger partial charge in [-0.2, -0.15) is 9.57 Å². The van der Waals surface area contributed by atoms with Crippen LogP contribution in [0.1, 0.15) is 13.8 Å². The fourth-order valence-electron chi connectivity index (χ4n) is 1.93. The van der Waals surface area contributed by atoms with Crippen molar-refractivity contribution in [1.29, 1.82) is 5.26 Å². The third-order valence-corrected chi connectivity index (χ3v) is 5.58.